The van der Waals surface area contributed by atoms with E-state index in [2.05, 4.69) is 39.5 Å². The summed E-state index contributed by atoms with van der Waals surface area (Å²) in [6.07, 6.45) is 4.07. The fourth-order valence-electron chi connectivity index (χ4n) is 3.83. The van der Waals surface area contributed by atoms with Crippen LogP contribution in [0.3, 0.4) is 0 Å². The largest absolute Gasteiger partial charge is 0.371 e. The van der Waals surface area contributed by atoms with Crippen LogP contribution in [0.2, 0.25) is 0 Å². The van der Waals surface area contributed by atoms with E-state index in [9.17, 15) is 4.39 Å². The zero-order chi connectivity index (χ0) is 20.6. The summed E-state index contributed by atoms with van der Waals surface area (Å²) in [6, 6.07) is 9.18. The third-order valence-corrected chi connectivity index (χ3v) is 5.64. The number of rotatable bonds is 7. The molecule has 1 fully saturated rings. The van der Waals surface area contributed by atoms with Crippen LogP contribution in [0.5, 0.6) is 0 Å². The highest BCUT2D eigenvalue weighted by atomic mass is 127. The lowest BCUT2D eigenvalue weighted by molar-refractivity contribution is 0.367. The average molecular weight is 529 g/mol. The van der Waals surface area contributed by atoms with E-state index in [-0.39, 0.29) is 29.8 Å². The molecule has 166 valence electrons. The molecule has 2 heterocycles. The van der Waals surface area contributed by atoms with Crippen LogP contribution in [0.1, 0.15) is 56.9 Å². The molecule has 1 aliphatic heterocycles. The third kappa shape index (κ3) is 6.58. The number of hydrogen-bond acceptors (Lipinski definition) is 4. The fraction of sp³-hybridized carbons (Fsp3) is 0.545. The summed E-state index contributed by atoms with van der Waals surface area (Å²) >= 11 is 0. The maximum Gasteiger partial charge on any atom is 0.191 e. The number of anilines is 1. The normalized spacial score (nSPS) is 15.2. The number of nitrogens with zero attached hydrogens (tertiary/aromatic N) is 3. The first-order chi connectivity index (χ1) is 14.1. The monoisotopic (exact) mass is 529 g/mol. The molecule has 2 aromatic rings. The van der Waals surface area contributed by atoms with Gasteiger partial charge >= 0.3 is 0 Å². The molecule has 1 saturated heterocycles. The van der Waals surface area contributed by atoms with Crippen molar-refractivity contribution >= 4 is 35.6 Å². The summed E-state index contributed by atoms with van der Waals surface area (Å²) in [5.74, 6) is 1.84. The summed E-state index contributed by atoms with van der Waals surface area (Å²) in [5, 5.41) is 11.0. The number of halogens is 2. The SMILES string of the molecule is CCC(CC)c1cc(CNC(=NC)NC2CCN(c3cccc(F)c3)CC2)on1.I. The number of benzene rings is 1. The molecule has 0 unspecified atom stereocenters. The van der Waals surface area contributed by atoms with Crippen molar-refractivity contribution < 1.29 is 8.91 Å². The highest BCUT2D eigenvalue weighted by Gasteiger charge is 2.21. The molecule has 0 amide bonds. The van der Waals surface area contributed by atoms with Crippen LogP contribution < -0.4 is 15.5 Å². The second-order valence-corrected chi connectivity index (χ2v) is 7.54. The molecule has 0 aliphatic carbocycles. The van der Waals surface area contributed by atoms with E-state index in [0.717, 1.165) is 61.9 Å². The molecule has 30 heavy (non-hydrogen) atoms. The standard InChI is InChI=1S/C22H32FN5O.HI/c1-4-16(5-2)21-14-20(29-27-21)15-25-22(24-3)26-18-9-11-28(12-10-18)19-8-6-7-17(23)13-19;/h6-8,13-14,16,18H,4-5,9-12,15H2,1-3H3,(H2,24,25,26);1H. The molecular formula is C22H33FIN5O. The second-order valence-electron chi connectivity index (χ2n) is 7.54. The second kappa shape index (κ2) is 12.1. The van der Waals surface area contributed by atoms with Gasteiger partial charge in [-0.15, -0.1) is 24.0 Å². The van der Waals surface area contributed by atoms with Gasteiger partial charge < -0.3 is 20.1 Å². The molecular weight excluding hydrogens is 496 g/mol. The van der Waals surface area contributed by atoms with E-state index in [1.807, 2.05) is 12.1 Å². The Morgan fingerprint density at radius 3 is 2.63 bits per heavy atom. The topological polar surface area (TPSA) is 65.7 Å². The molecule has 8 heteroatoms. The van der Waals surface area contributed by atoms with Crippen LogP contribution in [0.25, 0.3) is 0 Å². The maximum absolute atomic E-state index is 13.5. The van der Waals surface area contributed by atoms with Gasteiger partial charge in [-0.2, -0.15) is 0 Å². The van der Waals surface area contributed by atoms with Gasteiger partial charge in [0.2, 0.25) is 0 Å². The van der Waals surface area contributed by atoms with Crippen LogP contribution in [0, 0.1) is 5.82 Å². The van der Waals surface area contributed by atoms with Crippen LogP contribution in [0.4, 0.5) is 10.1 Å². The van der Waals surface area contributed by atoms with E-state index >= 15 is 0 Å². The average Bonchev–Trinajstić information content (AvgIpc) is 3.21. The zero-order valence-corrected chi connectivity index (χ0v) is 20.4. The van der Waals surface area contributed by atoms with E-state index in [4.69, 9.17) is 4.52 Å². The molecule has 6 nitrogen and oxygen atoms in total. The van der Waals surface area contributed by atoms with Gasteiger partial charge in [0.05, 0.1) is 12.2 Å². The molecule has 3 rings (SSSR count). The summed E-state index contributed by atoms with van der Waals surface area (Å²) in [5.41, 5.74) is 1.98. The minimum absolute atomic E-state index is 0. The van der Waals surface area contributed by atoms with Crippen molar-refractivity contribution in [2.24, 2.45) is 4.99 Å². The minimum Gasteiger partial charge on any atom is -0.371 e. The lowest BCUT2D eigenvalue weighted by atomic mass is 9.99. The molecule has 1 aromatic carbocycles. The number of piperidine rings is 1. The Balaban J connectivity index is 0.00000320. The summed E-state index contributed by atoms with van der Waals surface area (Å²) < 4.78 is 18.9. The van der Waals surface area contributed by atoms with Gasteiger partial charge in [0, 0.05) is 43.9 Å². The van der Waals surface area contributed by atoms with Crippen LogP contribution in [0.15, 0.2) is 39.8 Å². The van der Waals surface area contributed by atoms with Gasteiger partial charge in [0.25, 0.3) is 0 Å². The predicted octanol–water partition coefficient (Wildman–Crippen LogP) is 4.67. The van der Waals surface area contributed by atoms with E-state index in [1.165, 1.54) is 6.07 Å². The quantitative estimate of drug-likeness (QED) is 0.310. The van der Waals surface area contributed by atoms with Gasteiger partial charge in [-0.3, -0.25) is 4.99 Å². The Morgan fingerprint density at radius 1 is 1.27 bits per heavy atom. The van der Waals surface area contributed by atoms with Crippen molar-refractivity contribution in [1.29, 1.82) is 0 Å². The molecule has 1 aromatic heterocycles. The first-order valence-corrected chi connectivity index (χ1v) is 10.6. The molecule has 0 spiro atoms. The van der Waals surface area contributed by atoms with Gasteiger partial charge in [0.1, 0.15) is 5.82 Å². The van der Waals surface area contributed by atoms with Crippen molar-refractivity contribution in [3.8, 4) is 0 Å². The van der Waals surface area contributed by atoms with Gasteiger partial charge in [-0.25, -0.2) is 4.39 Å². The van der Waals surface area contributed by atoms with E-state index in [1.54, 1.807) is 19.2 Å². The van der Waals surface area contributed by atoms with Crippen LogP contribution in [-0.4, -0.2) is 37.3 Å². The number of guanidine groups is 1. The van der Waals surface area contributed by atoms with Gasteiger partial charge in [-0.1, -0.05) is 25.1 Å². The summed E-state index contributed by atoms with van der Waals surface area (Å²) in [6.45, 7) is 6.67. The Labute approximate surface area is 195 Å². The summed E-state index contributed by atoms with van der Waals surface area (Å²) in [7, 11) is 1.77. The molecule has 0 bridgehead atoms. The van der Waals surface area contributed by atoms with Crippen molar-refractivity contribution in [2.45, 2.75) is 58.0 Å². The van der Waals surface area contributed by atoms with E-state index < -0.39 is 0 Å². The van der Waals surface area contributed by atoms with Gasteiger partial charge in [-0.05, 0) is 43.9 Å². The van der Waals surface area contributed by atoms with Crippen molar-refractivity contribution in [2.75, 3.05) is 25.0 Å². The number of aromatic nitrogens is 1. The highest BCUT2D eigenvalue weighted by Crippen LogP contribution is 2.23. The Hall–Kier alpha value is -1.84. The summed E-state index contributed by atoms with van der Waals surface area (Å²) in [4.78, 5) is 6.56. The lowest BCUT2D eigenvalue weighted by Gasteiger charge is -2.34. The minimum atomic E-state index is -0.188. The lowest BCUT2D eigenvalue weighted by Crippen LogP contribution is -2.48. The number of nitrogens with one attached hydrogen (secondary N) is 2. The Bertz CT molecular complexity index is 800. The third-order valence-electron chi connectivity index (χ3n) is 5.64. The highest BCUT2D eigenvalue weighted by molar-refractivity contribution is 14.0. The smallest absolute Gasteiger partial charge is 0.191 e. The van der Waals surface area contributed by atoms with E-state index in [0.29, 0.717) is 18.5 Å². The molecule has 0 atom stereocenters. The predicted molar refractivity (Wildman–Crippen MR) is 130 cm³/mol. The van der Waals surface area contributed by atoms with Crippen molar-refractivity contribution in [3.05, 3.63) is 47.6 Å². The molecule has 0 saturated carbocycles. The molecule has 2 N–H and O–H groups in total. The number of aliphatic imine (C=N–C) groups is 1. The number of hydrogen-bond donors (Lipinski definition) is 2. The van der Waals surface area contributed by atoms with Crippen molar-refractivity contribution in [1.82, 2.24) is 15.8 Å². The Kier molecular flexibility index (Phi) is 9.87. The zero-order valence-electron chi connectivity index (χ0n) is 18.0. The fourth-order valence-corrected chi connectivity index (χ4v) is 3.83. The van der Waals surface area contributed by atoms with Gasteiger partial charge in [0.15, 0.2) is 11.7 Å². The van der Waals surface area contributed by atoms with Crippen LogP contribution >= 0.6 is 24.0 Å². The first-order valence-electron chi connectivity index (χ1n) is 10.6. The molecule has 1 aliphatic rings. The first kappa shape index (κ1) is 24.4. The maximum atomic E-state index is 13.5. The molecule has 0 radical (unpaired) electrons. The van der Waals surface area contributed by atoms with Crippen molar-refractivity contribution in [3.63, 3.8) is 0 Å². The Morgan fingerprint density at radius 2 is 2.00 bits per heavy atom. The van der Waals surface area contributed by atoms with Crippen LogP contribution in [-0.2, 0) is 6.54 Å².